The maximum absolute atomic E-state index is 12.2. The van der Waals surface area contributed by atoms with Gasteiger partial charge in [0.15, 0.2) is 6.61 Å². The fourth-order valence-corrected chi connectivity index (χ4v) is 2.97. The summed E-state index contributed by atoms with van der Waals surface area (Å²) in [6.45, 7) is -0.181. The van der Waals surface area contributed by atoms with Crippen LogP contribution in [0.15, 0.2) is 30.3 Å². The summed E-state index contributed by atoms with van der Waals surface area (Å²) < 4.78 is 16.0. The normalized spacial score (nSPS) is 12.6. The zero-order valence-electron chi connectivity index (χ0n) is 14.9. The number of nitrogens with one attached hydrogen (secondary N) is 2. The van der Waals surface area contributed by atoms with Gasteiger partial charge in [-0.25, -0.2) is 0 Å². The van der Waals surface area contributed by atoms with Gasteiger partial charge in [0.05, 0.1) is 24.9 Å². The highest BCUT2D eigenvalue weighted by molar-refractivity contribution is 6.32. The second-order valence-electron chi connectivity index (χ2n) is 5.89. The molecule has 0 atom stereocenters. The number of anilines is 2. The Bertz CT molecular complexity index is 885. The van der Waals surface area contributed by atoms with Gasteiger partial charge in [0.25, 0.3) is 5.91 Å². The number of methoxy groups -OCH3 is 2. The Balaban J connectivity index is 1.64. The summed E-state index contributed by atoms with van der Waals surface area (Å²) in [5.41, 5.74) is 2.19. The molecule has 1 aliphatic rings. The van der Waals surface area contributed by atoms with Gasteiger partial charge < -0.3 is 24.8 Å². The number of aryl methyl sites for hydroxylation is 1. The van der Waals surface area contributed by atoms with Crippen LogP contribution in [0.3, 0.4) is 0 Å². The van der Waals surface area contributed by atoms with E-state index in [0.717, 1.165) is 11.3 Å². The number of rotatable bonds is 6. The molecule has 0 spiro atoms. The third-order valence-corrected chi connectivity index (χ3v) is 4.39. The summed E-state index contributed by atoms with van der Waals surface area (Å²) in [6.07, 6.45) is 1.08. The van der Waals surface area contributed by atoms with Crippen molar-refractivity contribution in [1.82, 2.24) is 0 Å². The second kappa shape index (κ2) is 8.18. The second-order valence-corrected chi connectivity index (χ2v) is 6.30. The lowest BCUT2D eigenvalue weighted by Gasteiger charge is -2.18. The van der Waals surface area contributed by atoms with E-state index in [1.807, 2.05) is 6.07 Å². The van der Waals surface area contributed by atoms with Crippen LogP contribution in [0.25, 0.3) is 0 Å². The van der Waals surface area contributed by atoms with E-state index in [9.17, 15) is 9.59 Å². The SMILES string of the molecule is COc1cc(NC(=O)COc2ccc3c(c2)CCC(=O)N3)c(OC)cc1Cl. The molecule has 1 aliphatic heterocycles. The van der Waals surface area contributed by atoms with E-state index < -0.39 is 0 Å². The largest absolute Gasteiger partial charge is 0.495 e. The first-order valence-corrected chi connectivity index (χ1v) is 8.65. The van der Waals surface area contributed by atoms with Crippen molar-refractivity contribution in [3.63, 3.8) is 0 Å². The average molecular weight is 391 g/mol. The predicted octanol–water partition coefficient (Wildman–Crippen LogP) is 3.26. The van der Waals surface area contributed by atoms with Gasteiger partial charge >= 0.3 is 0 Å². The number of hydrogen-bond acceptors (Lipinski definition) is 5. The first-order valence-electron chi connectivity index (χ1n) is 8.27. The van der Waals surface area contributed by atoms with Crippen molar-refractivity contribution in [3.05, 3.63) is 40.9 Å². The van der Waals surface area contributed by atoms with Crippen molar-refractivity contribution in [3.8, 4) is 17.2 Å². The molecule has 0 unspecified atom stereocenters. The Hall–Kier alpha value is -2.93. The Morgan fingerprint density at radius 3 is 2.67 bits per heavy atom. The van der Waals surface area contributed by atoms with Crippen LogP contribution in [0.2, 0.25) is 5.02 Å². The van der Waals surface area contributed by atoms with Gasteiger partial charge in [-0.15, -0.1) is 0 Å². The minimum absolute atomic E-state index is 0.00267. The lowest BCUT2D eigenvalue weighted by molar-refractivity contribution is -0.118. The molecule has 3 rings (SSSR count). The number of hydrogen-bond donors (Lipinski definition) is 2. The standard InChI is InChI=1S/C19H19ClN2O5/c1-25-16-9-15(17(26-2)8-13(16)20)22-19(24)10-27-12-4-5-14-11(7-12)3-6-18(23)21-14/h4-5,7-9H,3,6,10H2,1-2H3,(H,21,23)(H,22,24). The van der Waals surface area contributed by atoms with Crippen molar-refractivity contribution in [2.24, 2.45) is 0 Å². The van der Waals surface area contributed by atoms with Gasteiger partial charge in [-0.05, 0) is 30.2 Å². The van der Waals surface area contributed by atoms with E-state index in [0.29, 0.717) is 40.8 Å². The van der Waals surface area contributed by atoms with Crippen molar-refractivity contribution in [2.45, 2.75) is 12.8 Å². The number of carbonyl (C=O) groups is 2. The maximum atomic E-state index is 12.2. The molecule has 0 aliphatic carbocycles. The van der Waals surface area contributed by atoms with Crippen LogP contribution in [0.4, 0.5) is 11.4 Å². The molecule has 2 aromatic rings. The van der Waals surface area contributed by atoms with E-state index >= 15 is 0 Å². The molecule has 142 valence electrons. The third kappa shape index (κ3) is 4.43. The van der Waals surface area contributed by atoms with Gasteiger partial charge in [-0.3, -0.25) is 9.59 Å². The van der Waals surface area contributed by atoms with Gasteiger partial charge in [0.2, 0.25) is 5.91 Å². The molecule has 27 heavy (non-hydrogen) atoms. The van der Waals surface area contributed by atoms with Crippen molar-refractivity contribution < 1.29 is 23.8 Å². The zero-order chi connectivity index (χ0) is 19.4. The molecule has 0 saturated heterocycles. The highest BCUT2D eigenvalue weighted by atomic mass is 35.5. The number of carbonyl (C=O) groups excluding carboxylic acids is 2. The lowest BCUT2D eigenvalue weighted by Crippen LogP contribution is -2.21. The molecule has 0 radical (unpaired) electrons. The Labute approximate surface area is 161 Å². The Morgan fingerprint density at radius 1 is 1.15 bits per heavy atom. The third-order valence-electron chi connectivity index (χ3n) is 4.09. The van der Waals surface area contributed by atoms with E-state index in [1.54, 1.807) is 24.3 Å². The number of ether oxygens (including phenoxy) is 3. The topological polar surface area (TPSA) is 85.9 Å². The van der Waals surface area contributed by atoms with Gasteiger partial charge in [-0.2, -0.15) is 0 Å². The van der Waals surface area contributed by atoms with Crippen LogP contribution in [0, 0.1) is 0 Å². The molecule has 1 heterocycles. The monoisotopic (exact) mass is 390 g/mol. The molecule has 0 bridgehead atoms. The number of halogens is 1. The van der Waals surface area contributed by atoms with Gasteiger partial charge in [-0.1, -0.05) is 11.6 Å². The number of benzene rings is 2. The van der Waals surface area contributed by atoms with Crippen molar-refractivity contribution in [1.29, 1.82) is 0 Å². The molecule has 0 fully saturated rings. The van der Waals surface area contributed by atoms with E-state index in [-0.39, 0.29) is 18.4 Å². The minimum Gasteiger partial charge on any atom is -0.495 e. The molecule has 2 amide bonds. The first-order chi connectivity index (χ1) is 13.0. The first kappa shape index (κ1) is 18.8. The Morgan fingerprint density at radius 2 is 1.93 bits per heavy atom. The van der Waals surface area contributed by atoms with Crippen LogP contribution >= 0.6 is 11.6 Å². The summed E-state index contributed by atoms with van der Waals surface area (Å²) in [6, 6.07) is 8.46. The lowest BCUT2D eigenvalue weighted by atomic mass is 10.0. The summed E-state index contributed by atoms with van der Waals surface area (Å²) in [7, 11) is 2.97. The van der Waals surface area contributed by atoms with Crippen LogP contribution < -0.4 is 24.8 Å². The maximum Gasteiger partial charge on any atom is 0.262 e. The molecule has 0 saturated carbocycles. The number of fused-ring (bicyclic) bond motifs is 1. The molecule has 7 nitrogen and oxygen atoms in total. The molecular formula is C19H19ClN2O5. The van der Waals surface area contributed by atoms with E-state index in [1.165, 1.54) is 14.2 Å². The molecule has 0 aromatic heterocycles. The van der Waals surface area contributed by atoms with Crippen LogP contribution in [-0.4, -0.2) is 32.6 Å². The fraction of sp³-hybridized carbons (Fsp3) is 0.263. The van der Waals surface area contributed by atoms with Crippen LogP contribution in [-0.2, 0) is 16.0 Å². The molecule has 8 heteroatoms. The summed E-state index contributed by atoms with van der Waals surface area (Å²) in [5, 5.41) is 5.90. The zero-order valence-corrected chi connectivity index (χ0v) is 15.7. The quantitative estimate of drug-likeness (QED) is 0.790. The predicted molar refractivity (Wildman–Crippen MR) is 102 cm³/mol. The summed E-state index contributed by atoms with van der Waals surface area (Å²) >= 11 is 6.06. The summed E-state index contributed by atoms with van der Waals surface area (Å²) in [5.74, 6) is 1.04. The number of amides is 2. The van der Waals surface area contributed by atoms with Crippen LogP contribution in [0.1, 0.15) is 12.0 Å². The fourth-order valence-electron chi connectivity index (χ4n) is 2.74. The highest BCUT2D eigenvalue weighted by Gasteiger charge is 2.16. The van der Waals surface area contributed by atoms with E-state index in [2.05, 4.69) is 10.6 Å². The smallest absolute Gasteiger partial charge is 0.262 e. The van der Waals surface area contributed by atoms with Gasteiger partial charge in [0, 0.05) is 24.2 Å². The molecule has 2 N–H and O–H groups in total. The van der Waals surface area contributed by atoms with Crippen molar-refractivity contribution >= 4 is 34.8 Å². The summed E-state index contributed by atoms with van der Waals surface area (Å²) in [4.78, 5) is 23.6. The van der Waals surface area contributed by atoms with Gasteiger partial charge in [0.1, 0.15) is 17.2 Å². The minimum atomic E-state index is -0.358. The molecule has 2 aromatic carbocycles. The molecular weight excluding hydrogens is 372 g/mol. The van der Waals surface area contributed by atoms with Crippen molar-refractivity contribution in [2.75, 3.05) is 31.5 Å². The average Bonchev–Trinajstić information content (AvgIpc) is 2.67. The highest BCUT2D eigenvalue weighted by Crippen LogP contribution is 2.35. The van der Waals surface area contributed by atoms with E-state index in [4.69, 9.17) is 25.8 Å². The van der Waals surface area contributed by atoms with Crippen LogP contribution in [0.5, 0.6) is 17.2 Å². The Kier molecular flexibility index (Phi) is 5.71.